The Labute approximate surface area is 228 Å². The molecule has 8 heteroatoms. The molecule has 0 unspecified atom stereocenters. The van der Waals surface area contributed by atoms with Gasteiger partial charge in [0.2, 0.25) is 5.91 Å². The predicted octanol–water partition coefficient (Wildman–Crippen LogP) is 4.87. The Kier molecular flexibility index (Phi) is 7.45. The zero-order chi connectivity index (χ0) is 27.5. The van der Waals surface area contributed by atoms with Crippen LogP contribution in [0.2, 0.25) is 0 Å². The first-order valence-corrected chi connectivity index (χ1v) is 13.4. The molecule has 2 aromatic carbocycles. The Morgan fingerprint density at radius 2 is 1.77 bits per heavy atom. The van der Waals surface area contributed by atoms with Crippen molar-refractivity contribution in [2.24, 2.45) is 17.8 Å². The van der Waals surface area contributed by atoms with Gasteiger partial charge in [-0.15, -0.1) is 0 Å². The second-order valence-corrected chi connectivity index (χ2v) is 10.0. The number of hydrogen-bond donors (Lipinski definition) is 1. The highest BCUT2D eigenvalue weighted by molar-refractivity contribution is 6.05. The molecule has 0 spiro atoms. The van der Waals surface area contributed by atoms with Gasteiger partial charge in [-0.3, -0.25) is 9.59 Å². The normalized spacial score (nSPS) is 13.0. The molecule has 39 heavy (non-hydrogen) atoms. The fourth-order valence-electron chi connectivity index (χ4n) is 5.06. The summed E-state index contributed by atoms with van der Waals surface area (Å²) in [6.07, 6.45) is 9.48. The van der Waals surface area contributed by atoms with Crippen molar-refractivity contribution in [1.82, 2.24) is 19.0 Å². The zero-order valence-corrected chi connectivity index (χ0v) is 22.7. The van der Waals surface area contributed by atoms with Crippen molar-refractivity contribution in [1.29, 1.82) is 0 Å². The Hall–Kier alpha value is -4.46. The summed E-state index contributed by atoms with van der Waals surface area (Å²) in [5.41, 5.74) is 10.4. The number of fused-ring (bicyclic) bond motifs is 2. The summed E-state index contributed by atoms with van der Waals surface area (Å²) in [7, 11) is 1.92. The van der Waals surface area contributed by atoms with Gasteiger partial charge in [0.15, 0.2) is 0 Å². The number of nitrogens with two attached hydrogens (primary N) is 1. The van der Waals surface area contributed by atoms with Gasteiger partial charge in [0, 0.05) is 61.7 Å². The lowest BCUT2D eigenvalue weighted by molar-refractivity contribution is -0.127. The Morgan fingerprint density at radius 3 is 2.49 bits per heavy atom. The molecule has 2 aromatic heterocycles. The molecule has 0 atom stereocenters. The lowest BCUT2D eigenvalue weighted by atomic mass is 9.99. The van der Waals surface area contributed by atoms with Crippen LogP contribution in [-0.2, 0) is 18.4 Å². The number of carbonyl (C=O) groups excluding carboxylic acids is 1. The topological polar surface area (TPSA) is 98.5 Å². The van der Waals surface area contributed by atoms with Crippen LogP contribution in [0, 0.1) is 0 Å². The lowest BCUT2D eigenvalue weighted by Gasteiger charge is -2.22. The molecule has 5 rings (SSSR count). The molecule has 0 saturated carbocycles. The first-order chi connectivity index (χ1) is 18.9. The van der Waals surface area contributed by atoms with E-state index in [2.05, 4.69) is 23.8 Å². The molecule has 2 N–H and O–H groups in total. The maximum absolute atomic E-state index is 13.3. The number of carbonyl (C=O) groups is 1. The molecule has 200 valence electrons. The minimum Gasteiger partial charge on any atom is -0.387 e. The second kappa shape index (κ2) is 11.1. The van der Waals surface area contributed by atoms with Crippen LogP contribution >= 0.6 is 0 Å². The van der Waals surface area contributed by atoms with Crippen molar-refractivity contribution in [3.05, 3.63) is 88.4 Å². The third kappa shape index (κ3) is 5.41. The summed E-state index contributed by atoms with van der Waals surface area (Å²) in [4.78, 5) is 37.3. The Bertz CT molecular complexity index is 1650. The average molecular weight is 523 g/mol. The molecule has 4 aromatic rings. The van der Waals surface area contributed by atoms with Crippen LogP contribution in [0.3, 0.4) is 0 Å². The minimum atomic E-state index is -0.0520. The van der Waals surface area contributed by atoms with E-state index in [1.807, 2.05) is 77.4 Å². The van der Waals surface area contributed by atoms with Gasteiger partial charge in [-0.25, -0.2) is 9.98 Å². The number of nitrogens with zero attached hydrogens (tertiary/aromatic N) is 5. The van der Waals surface area contributed by atoms with Gasteiger partial charge in [-0.1, -0.05) is 32.0 Å². The summed E-state index contributed by atoms with van der Waals surface area (Å²) in [5.74, 6) is 1.27. The number of aromatic nitrogens is 3. The van der Waals surface area contributed by atoms with E-state index in [0.29, 0.717) is 29.8 Å². The van der Waals surface area contributed by atoms with Crippen molar-refractivity contribution in [2.75, 3.05) is 13.1 Å². The molecule has 0 fully saturated rings. The third-order valence-electron chi connectivity index (χ3n) is 7.09. The van der Waals surface area contributed by atoms with Crippen LogP contribution in [0.4, 0.5) is 5.69 Å². The molecule has 0 saturated heterocycles. The number of pyridine rings is 1. The van der Waals surface area contributed by atoms with Crippen molar-refractivity contribution < 1.29 is 4.79 Å². The molecule has 1 aliphatic rings. The summed E-state index contributed by atoms with van der Waals surface area (Å²) >= 11 is 0. The minimum absolute atomic E-state index is 0.0249. The monoisotopic (exact) mass is 522 g/mol. The van der Waals surface area contributed by atoms with Crippen LogP contribution in [0.5, 0.6) is 0 Å². The summed E-state index contributed by atoms with van der Waals surface area (Å²) in [6, 6.07) is 13.8. The van der Waals surface area contributed by atoms with E-state index in [1.54, 1.807) is 10.8 Å². The van der Waals surface area contributed by atoms with E-state index < -0.39 is 0 Å². The zero-order valence-electron chi connectivity index (χ0n) is 22.7. The standard InChI is InChI=1S/C31H34N6O2/c1-4-12-36(13-5-2)30(38)25-17-24-7-6-22(18-27(24)34-28(32)19-25)21-8-9-26-23(16-21)10-14-37(31(26)39)20-29-33-11-15-35(29)3/h6-11,14-18H,4-5,12-13,19-20H2,1-3H3,(H2,32,34). The molecule has 3 heterocycles. The van der Waals surface area contributed by atoms with Gasteiger partial charge in [0.25, 0.3) is 5.56 Å². The van der Waals surface area contributed by atoms with Crippen molar-refractivity contribution in [3.63, 3.8) is 0 Å². The maximum atomic E-state index is 13.3. The van der Waals surface area contributed by atoms with Crippen LogP contribution in [0.15, 0.2) is 76.4 Å². The molecule has 0 aliphatic carbocycles. The number of aliphatic imine (C=N–C) groups is 1. The maximum Gasteiger partial charge on any atom is 0.258 e. The molecule has 0 radical (unpaired) electrons. The summed E-state index contributed by atoms with van der Waals surface area (Å²) in [6.45, 7) is 6.02. The number of imidazole rings is 1. The van der Waals surface area contributed by atoms with E-state index in [-0.39, 0.29) is 11.5 Å². The third-order valence-corrected chi connectivity index (χ3v) is 7.09. The highest BCUT2D eigenvalue weighted by Crippen LogP contribution is 2.33. The first kappa shape index (κ1) is 26.2. The van der Waals surface area contributed by atoms with E-state index in [9.17, 15) is 9.59 Å². The quantitative estimate of drug-likeness (QED) is 0.357. The van der Waals surface area contributed by atoms with Crippen molar-refractivity contribution in [2.45, 2.75) is 39.7 Å². The predicted molar refractivity (Wildman–Crippen MR) is 157 cm³/mol. The van der Waals surface area contributed by atoms with Crippen LogP contribution < -0.4 is 11.3 Å². The van der Waals surface area contributed by atoms with Gasteiger partial charge < -0.3 is 19.8 Å². The number of benzene rings is 2. The highest BCUT2D eigenvalue weighted by atomic mass is 16.2. The van der Waals surface area contributed by atoms with Gasteiger partial charge >= 0.3 is 0 Å². The number of hydrogen-bond acceptors (Lipinski definition) is 5. The van der Waals surface area contributed by atoms with E-state index in [1.165, 1.54) is 0 Å². The molecular weight excluding hydrogens is 488 g/mol. The van der Waals surface area contributed by atoms with Crippen LogP contribution in [0.1, 0.15) is 44.5 Å². The van der Waals surface area contributed by atoms with Gasteiger partial charge in [0.05, 0.1) is 12.2 Å². The summed E-state index contributed by atoms with van der Waals surface area (Å²) < 4.78 is 3.59. The average Bonchev–Trinajstić information content (AvgIpc) is 3.25. The van der Waals surface area contributed by atoms with Gasteiger partial charge in [-0.2, -0.15) is 0 Å². The summed E-state index contributed by atoms with van der Waals surface area (Å²) in [5, 5.41) is 1.52. The van der Waals surface area contributed by atoms with Gasteiger partial charge in [0.1, 0.15) is 11.7 Å². The molecule has 1 amide bonds. The van der Waals surface area contributed by atoms with Gasteiger partial charge in [-0.05, 0) is 59.7 Å². The lowest BCUT2D eigenvalue weighted by Crippen LogP contribution is -2.34. The largest absolute Gasteiger partial charge is 0.387 e. The number of amidine groups is 1. The second-order valence-electron chi connectivity index (χ2n) is 10.0. The first-order valence-electron chi connectivity index (χ1n) is 13.4. The van der Waals surface area contributed by atoms with Crippen molar-refractivity contribution >= 4 is 34.3 Å². The molecule has 0 bridgehead atoms. The number of rotatable bonds is 8. The van der Waals surface area contributed by atoms with Crippen molar-refractivity contribution in [3.8, 4) is 11.1 Å². The molecule has 8 nitrogen and oxygen atoms in total. The Morgan fingerprint density at radius 1 is 1.03 bits per heavy atom. The fourth-order valence-corrected chi connectivity index (χ4v) is 5.06. The van der Waals surface area contributed by atoms with E-state index in [4.69, 9.17) is 5.73 Å². The van der Waals surface area contributed by atoms with Crippen LogP contribution in [0.25, 0.3) is 28.0 Å². The Balaban J connectivity index is 1.46. The van der Waals surface area contributed by atoms with E-state index >= 15 is 0 Å². The molecule has 1 aliphatic heterocycles. The van der Waals surface area contributed by atoms with E-state index in [0.717, 1.165) is 59.5 Å². The van der Waals surface area contributed by atoms with Crippen LogP contribution in [-0.4, -0.2) is 43.9 Å². The highest BCUT2D eigenvalue weighted by Gasteiger charge is 2.21. The SMILES string of the molecule is CCCN(CCC)C(=O)C1=Cc2ccc(-c3ccc4c(=O)n(Cc5nccn5C)ccc4c3)cc2N=C(N)C1. The number of amides is 1. The molecular formula is C31H34N6O2. The number of aryl methyl sites for hydroxylation is 1. The fraction of sp³-hybridized carbons (Fsp3) is 0.290. The smallest absolute Gasteiger partial charge is 0.258 e.